The van der Waals surface area contributed by atoms with E-state index in [0.29, 0.717) is 5.75 Å². The van der Waals surface area contributed by atoms with Crippen LogP contribution in [0.5, 0.6) is 0 Å². The molecule has 1 nitrogen and oxygen atoms in total. The average Bonchev–Trinajstić information content (AvgIpc) is 2.36. The van der Waals surface area contributed by atoms with Crippen LogP contribution in [0.25, 0.3) is 0 Å². The van der Waals surface area contributed by atoms with Gasteiger partial charge in [-0.25, -0.2) is 8.78 Å². The first-order valence-electron chi connectivity index (χ1n) is 5.95. The fourth-order valence-electron chi connectivity index (χ4n) is 1.79. The van der Waals surface area contributed by atoms with Crippen molar-refractivity contribution in [1.82, 2.24) is 0 Å². The number of hydrogen-bond donors (Lipinski definition) is 1. The van der Waals surface area contributed by atoms with Crippen molar-refractivity contribution in [3.8, 4) is 0 Å². The summed E-state index contributed by atoms with van der Waals surface area (Å²) in [6, 6.07) is 10.8. The highest BCUT2D eigenvalue weighted by Crippen LogP contribution is 2.24. The van der Waals surface area contributed by atoms with Crippen LogP contribution in [0.1, 0.15) is 17.2 Å². The van der Waals surface area contributed by atoms with Crippen LogP contribution in [0.2, 0.25) is 0 Å². The van der Waals surface area contributed by atoms with Crippen molar-refractivity contribution in [3.63, 3.8) is 0 Å². The Bertz CT molecular complexity index is 534. The molecule has 0 bridgehead atoms. The topological polar surface area (TPSA) is 26.0 Å². The highest BCUT2D eigenvalue weighted by Gasteiger charge is 2.09. The lowest BCUT2D eigenvalue weighted by molar-refractivity contribution is 0.621. The number of nitrogens with two attached hydrogens (primary N) is 1. The Morgan fingerprint density at radius 3 is 2.37 bits per heavy atom. The van der Waals surface area contributed by atoms with Crippen molar-refractivity contribution in [2.75, 3.05) is 5.75 Å². The van der Waals surface area contributed by atoms with Crippen molar-refractivity contribution in [2.45, 2.75) is 17.9 Å². The van der Waals surface area contributed by atoms with Crippen LogP contribution < -0.4 is 5.73 Å². The van der Waals surface area contributed by atoms with Crippen LogP contribution >= 0.6 is 11.8 Å². The van der Waals surface area contributed by atoms with E-state index in [4.69, 9.17) is 5.73 Å². The molecule has 0 saturated heterocycles. The van der Waals surface area contributed by atoms with Crippen molar-refractivity contribution >= 4 is 11.8 Å². The Morgan fingerprint density at radius 1 is 1.05 bits per heavy atom. The lowest BCUT2D eigenvalue weighted by Crippen LogP contribution is -2.13. The zero-order valence-corrected chi connectivity index (χ0v) is 11.4. The van der Waals surface area contributed by atoms with E-state index >= 15 is 0 Å². The lowest BCUT2D eigenvalue weighted by Gasteiger charge is -2.12. The second-order valence-corrected chi connectivity index (χ2v) is 5.53. The van der Waals surface area contributed by atoms with E-state index in [-0.39, 0.29) is 17.7 Å². The van der Waals surface area contributed by atoms with E-state index in [1.165, 1.54) is 36.0 Å². The molecular formula is C15H15F2NS. The van der Waals surface area contributed by atoms with Crippen LogP contribution in [0.15, 0.2) is 47.4 Å². The van der Waals surface area contributed by atoms with Crippen molar-refractivity contribution in [3.05, 3.63) is 65.2 Å². The minimum atomic E-state index is -0.266. The first kappa shape index (κ1) is 14.0. The summed E-state index contributed by atoms with van der Waals surface area (Å²) in [5.74, 6) is 0.0979. The quantitative estimate of drug-likeness (QED) is 0.854. The molecule has 0 fully saturated rings. The van der Waals surface area contributed by atoms with Gasteiger partial charge in [0.1, 0.15) is 11.6 Å². The summed E-state index contributed by atoms with van der Waals surface area (Å²) >= 11 is 1.53. The maximum absolute atomic E-state index is 13.3. The number of thioether (sulfide) groups is 1. The van der Waals surface area contributed by atoms with Gasteiger partial charge >= 0.3 is 0 Å². The van der Waals surface area contributed by atoms with Gasteiger partial charge in [-0.3, -0.25) is 0 Å². The van der Waals surface area contributed by atoms with Gasteiger partial charge in [-0.15, -0.1) is 11.8 Å². The Hall–Kier alpha value is -1.39. The molecule has 100 valence electrons. The Morgan fingerprint density at radius 2 is 1.74 bits per heavy atom. The van der Waals surface area contributed by atoms with Crippen molar-refractivity contribution in [2.24, 2.45) is 5.73 Å². The fraction of sp³-hybridized carbons (Fsp3) is 0.200. The molecule has 2 aromatic carbocycles. The standard InChI is InChI=1S/C15H15F2NS/c1-10-6-11(8-13(17)7-10)15(18)9-19-14-4-2-12(16)3-5-14/h2-8,15H,9,18H2,1H3. The normalized spacial score (nSPS) is 12.4. The van der Waals surface area contributed by atoms with E-state index < -0.39 is 0 Å². The number of benzene rings is 2. The molecule has 4 heteroatoms. The fourth-order valence-corrected chi connectivity index (χ4v) is 2.68. The van der Waals surface area contributed by atoms with Crippen LogP contribution in [0.4, 0.5) is 8.78 Å². The van der Waals surface area contributed by atoms with E-state index in [1.807, 2.05) is 13.0 Å². The predicted octanol–water partition coefficient (Wildman–Crippen LogP) is 4.07. The predicted molar refractivity (Wildman–Crippen MR) is 75.2 cm³/mol. The molecule has 0 heterocycles. The Balaban J connectivity index is 2.00. The van der Waals surface area contributed by atoms with Gasteiger partial charge in [-0.05, 0) is 54.4 Å². The number of aryl methyl sites for hydroxylation is 1. The molecule has 0 amide bonds. The van der Waals surface area contributed by atoms with Crippen LogP contribution in [-0.2, 0) is 0 Å². The molecule has 2 rings (SSSR count). The monoisotopic (exact) mass is 279 g/mol. The van der Waals surface area contributed by atoms with Crippen LogP contribution in [-0.4, -0.2) is 5.75 Å². The van der Waals surface area contributed by atoms with Gasteiger partial charge in [-0.1, -0.05) is 6.07 Å². The molecular weight excluding hydrogens is 264 g/mol. The first-order valence-corrected chi connectivity index (χ1v) is 6.94. The first-order chi connectivity index (χ1) is 9.04. The number of rotatable bonds is 4. The third kappa shape index (κ3) is 4.04. The molecule has 2 N–H and O–H groups in total. The van der Waals surface area contributed by atoms with Crippen LogP contribution in [0, 0.1) is 18.6 Å². The summed E-state index contributed by atoms with van der Waals surface area (Å²) in [7, 11) is 0. The largest absolute Gasteiger partial charge is 0.323 e. The minimum absolute atomic E-state index is 0.246. The smallest absolute Gasteiger partial charge is 0.123 e. The molecule has 19 heavy (non-hydrogen) atoms. The molecule has 0 saturated carbocycles. The van der Waals surface area contributed by atoms with E-state index in [2.05, 4.69) is 0 Å². The van der Waals surface area contributed by atoms with E-state index in [9.17, 15) is 8.78 Å². The SMILES string of the molecule is Cc1cc(F)cc(C(N)CSc2ccc(F)cc2)c1. The average molecular weight is 279 g/mol. The summed E-state index contributed by atoms with van der Waals surface area (Å²) in [5.41, 5.74) is 7.69. The maximum Gasteiger partial charge on any atom is 0.123 e. The molecule has 0 spiro atoms. The van der Waals surface area contributed by atoms with Crippen molar-refractivity contribution in [1.29, 1.82) is 0 Å². The van der Waals surface area contributed by atoms with Gasteiger partial charge in [0.25, 0.3) is 0 Å². The van der Waals surface area contributed by atoms with Gasteiger partial charge in [-0.2, -0.15) is 0 Å². The third-order valence-corrected chi connectivity index (χ3v) is 3.87. The molecule has 0 radical (unpaired) electrons. The summed E-state index contributed by atoms with van der Waals surface area (Å²) < 4.78 is 26.1. The summed E-state index contributed by atoms with van der Waals surface area (Å²) in [6.07, 6.45) is 0. The van der Waals surface area contributed by atoms with Crippen molar-refractivity contribution < 1.29 is 8.78 Å². The molecule has 0 aromatic heterocycles. The molecule has 0 aliphatic rings. The molecule has 0 aliphatic heterocycles. The second kappa shape index (κ2) is 6.17. The van der Waals surface area contributed by atoms with Gasteiger partial charge in [0.2, 0.25) is 0 Å². The Labute approximate surface area is 115 Å². The van der Waals surface area contributed by atoms with Gasteiger partial charge in [0, 0.05) is 16.7 Å². The lowest BCUT2D eigenvalue weighted by atomic mass is 10.1. The van der Waals surface area contributed by atoms with Gasteiger partial charge in [0.05, 0.1) is 0 Å². The summed E-state index contributed by atoms with van der Waals surface area (Å²) in [5, 5.41) is 0. The summed E-state index contributed by atoms with van der Waals surface area (Å²) in [4.78, 5) is 0.949. The maximum atomic E-state index is 13.3. The number of hydrogen-bond acceptors (Lipinski definition) is 2. The summed E-state index contributed by atoms with van der Waals surface area (Å²) in [6.45, 7) is 1.84. The highest BCUT2D eigenvalue weighted by atomic mass is 32.2. The van der Waals surface area contributed by atoms with Crippen LogP contribution in [0.3, 0.4) is 0 Å². The third-order valence-electron chi connectivity index (χ3n) is 2.74. The number of halogens is 2. The zero-order valence-electron chi connectivity index (χ0n) is 10.6. The Kier molecular flexibility index (Phi) is 4.56. The highest BCUT2D eigenvalue weighted by molar-refractivity contribution is 7.99. The second-order valence-electron chi connectivity index (χ2n) is 4.43. The van der Waals surface area contributed by atoms with Gasteiger partial charge in [0.15, 0.2) is 0 Å². The zero-order chi connectivity index (χ0) is 13.8. The molecule has 2 aromatic rings. The van der Waals surface area contributed by atoms with E-state index in [0.717, 1.165) is 16.0 Å². The van der Waals surface area contributed by atoms with Gasteiger partial charge < -0.3 is 5.73 Å². The molecule has 1 unspecified atom stereocenters. The minimum Gasteiger partial charge on any atom is -0.323 e. The molecule has 0 aliphatic carbocycles. The van der Waals surface area contributed by atoms with E-state index in [1.54, 1.807) is 12.1 Å². The molecule has 1 atom stereocenters.